The number of rotatable bonds is 20. The van der Waals surface area contributed by atoms with E-state index in [9.17, 15) is 14.4 Å². The number of carbonyl (C=O) groups excluding carboxylic acids is 3. The van der Waals surface area contributed by atoms with Gasteiger partial charge in [0.2, 0.25) is 0 Å². The second-order valence-corrected chi connectivity index (χ2v) is 15.0. The lowest BCUT2D eigenvalue weighted by Crippen LogP contribution is -2.32. The number of hydrogen-bond donors (Lipinski definition) is 2. The average Bonchev–Trinajstić information content (AvgIpc) is 4.12. The SMILES string of the molecule is CN=NNc1cc(C(=O)OC)cc(-n2cc(CN(Cc3cn(-c4cc(C(=O)OC)cc(N(C)N=NC)c4)nn3)Cc3cn(-c4cc(C(=O)OC)cc(N(N=N)[C@H](C)C(C)C)c4)nn3)nn2)c1. The lowest BCUT2D eigenvalue weighted by molar-refractivity contribution is 0.0592. The Kier molecular flexibility index (Phi) is 15.2. The van der Waals surface area contributed by atoms with E-state index in [-0.39, 0.29) is 48.3 Å². The Balaban J connectivity index is 1.36. The first-order valence-electron chi connectivity index (χ1n) is 20.2. The highest BCUT2D eigenvalue weighted by Crippen LogP contribution is 2.28. The molecule has 3 aromatic heterocycles. The summed E-state index contributed by atoms with van der Waals surface area (Å²) in [6.45, 7) is 6.62. The molecule has 0 aliphatic heterocycles. The molecule has 0 amide bonds. The van der Waals surface area contributed by atoms with E-state index in [4.69, 9.17) is 19.7 Å². The van der Waals surface area contributed by atoms with Gasteiger partial charge in [0.05, 0.1) is 128 Å². The van der Waals surface area contributed by atoms with Crippen LogP contribution < -0.4 is 15.4 Å². The molecular weight excluding hydrogens is 855 g/mol. The minimum absolute atomic E-state index is 0.135. The van der Waals surface area contributed by atoms with Crippen molar-refractivity contribution in [2.45, 2.75) is 46.4 Å². The fourth-order valence-corrected chi connectivity index (χ4v) is 6.60. The summed E-state index contributed by atoms with van der Waals surface area (Å²) in [6, 6.07) is 14.8. The molecular formula is C41H49N19O6. The molecule has 25 nitrogen and oxygen atoms in total. The minimum Gasteiger partial charge on any atom is -0.465 e. The van der Waals surface area contributed by atoms with Crippen molar-refractivity contribution >= 4 is 35.0 Å². The summed E-state index contributed by atoms with van der Waals surface area (Å²) in [5, 5.41) is 48.8. The van der Waals surface area contributed by atoms with Crippen LogP contribution in [0.3, 0.4) is 0 Å². The van der Waals surface area contributed by atoms with Crippen LogP contribution in [0.5, 0.6) is 0 Å². The topological polar surface area (TPSA) is 278 Å². The molecule has 0 spiro atoms. The Bertz CT molecular complexity index is 2740. The van der Waals surface area contributed by atoms with Gasteiger partial charge >= 0.3 is 17.9 Å². The molecule has 25 heteroatoms. The van der Waals surface area contributed by atoms with Crippen molar-refractivity contribution in [2.24, 2.45) is 31.8 Å². The zero-order chi connectivity index (χ0) is 47.5. The van der Waals surface area contributed by atoms with Gasteiger partial charge in [0.15, 0.2) is 0 Å². The van der Waals surface area contributed by atoms with Crippen molar-refractivity contribution in [1.82, 2.24) is 49.9 Å². The molecule has 0 bridgehead atoms. The highest BCUT2D eigenvalue weighted by Gasteiger charge is 2.23. The second-order valence-electron chi connectivity index (χ2n) is 15.0. The number of benzene rings is 3. The predicted octanol–water partition coefficient (Wildman–Crippen LogP) is 5.63. The zero-order valence-corrected chi connectivity index (χ0v) is 37.8. The molecule has 6 aromatic rings. The fourth-order valence-electron chi connectivity index (χ4n) is 6.60. The van der Waals surface area contributed by atoms with Gasteiger partial charge < -0.3 is 14.2 Å². The summed E-state index contributed by atoms with van der Waals surface area (Å²) in [5.41, 5.74) is 16.1. The monoisotopic (exact) mass is 903 g/mol. The van der Waals surface area contributed by atoms with Crippen LogP contribution in [-0.2, 0) is 33.8 Å². The summed E-state index contributed by atoms with van der Waals surface area (Å²) in [5.74, 6) is -1.55. The first-order valence-corrected chi connectivity index (χ1v) is 20.2. The molecule has 0 aliphatic rings. The predicted molar refractivity (Wildman–Crippen MR) is 237 cm³/mol. The van der Waals surface area contributed by atoms with E-state index < -0.39 is 17.9 Å². The summed E-state index contributed by atoms with van der Waals surface area (Å²) in [7, 11) is 8.61. The van der Waals surface area contributed by atoms with E-state index in [2.05, 4.69) is 62.3 Å². The molecule has 3 heterocycles. The van der Waals surface area contributed by atoms with Crippen molar-refractivity contribution in [1.29, 1.82) is 5.53 Å². The van der Waals surface area contributed by atoms with E-state index in [1.807, 2.05) is 25.7 Å². The van der Waals surface area contributed by atoms with Gasteiger partial charge in [-0.05, 0) is 67.4 Å². The Morgan fingerprint density at radius 2 is 1.09 bits per heavy atom. The van der Waals surface area contributed by atoms with Crippen LogP contribution in [0.25, 0.3) is 17.1 Å². The van der Waals surface area contributed by atoms with Crippen molar-refractivity contribution in [3.05, 3.63) is 107 Å². The van der Waals surface area contributed by atoms with Gasteiger partial charge in [-0.2, -0.15) is 15.8 Å². The average molecular weight is 904 g/mol. The number of hydrogen-bond acceptors (Lipinski definition) is 19. The van der Waals surface area contributed by atoms with E-state index in [1.54, 1.807) is 80.2 Å². The molecule has 0 unspecified atom stereocenters. The van der Waals surface area contributed by atoms with Crippen LogP contribution in [0.4, 0.5) is 17.1 Å². The highest BCUT2D eigenvalue weighted by molar-refractivity contribution is 5.92. The first kappa shape index (κ1) is 47.1. The van der Waals surface area contributed by atoms with Gasteiger partial charge in [0.25, 0.3) is 0 Å². The van der Waals surface area contributed by atoms with Gasteiger partial charge in [0, 0.05) is 26.7 Å². The van der Waals surface area contributed by atoms with Crippen LogP contribution in [0, 0.1) is 11.4 Å². The van der Waals surface area contributed by atoms with Crippen molar-refractivity contribution in [2.75, 3.05) is 57.9 Å². The third-order valence-electron chi connectivity index (χ3n) is 10.2. The van der Waals surface area contributed by atoms with Gasteiger partial charge in [-0.15, -0.1) is 15.3 Å². The number of esters is 3. The van der Waals surface area contributed by atoms with Gasteiger partial charge in [0.1, 0.15) is 0 Å². The number of aromatic nitrogens is 9. The second kappa shape index (κ2) is 21.3. The Morgan fingerprint density at radius 3 is 1.52 bits per heavy atom. The summed E-state index contributed by atoms with van der Waals surface area (Å²) in [6.07, 6.45) is 5.16. The number of methoxy groups -OCH3 is 3. The van der Waals surface area contributed by atoms with Crippen LogP contribution >= 0.6 is 0 Å². The molecule has 0 fully saturated rings. The Hall–Kier alpha value is -8.35. The van der Waals surface area contributed by atoms with Crippen LogP contribution in [0.2, 0.25) is 0 Å². The van der Waals surface area contributed by atoms with E-state index in [0.29, 0.717) is 51.2 Å². The van der Waals surface area contributed by atoms with Gasteiger partial charge in [-0.3, -0.25) is 15.3 Å². The van der Waals surface area contributed by atoms with Crippen molar-refractivity contribution in [3.63, 3.8) is 0 Å². The van der Waals surface area contributed by atoms with Crippen molar-refractivity contribution in [3.8, 4) is 17.1 Å². The molecule has 0 saturated carbocycles. The molecule has 6 rings (SSSR count). The number of carbonyl (C=O) groups is 3. The third kappa shape index (κ3) is 11.2. The normalized spacial score (nSPS) is 11.9. The van der Waals surface area contributed by atoms with E-state index in [0.717, 1.165) is 0 Å². The first-order chi connectivity index (χ1) is 31.8. The zero-order valence-electron chi connectivity index (χ0n) is 37.8. The molecule has 0 radical (unpaired) electrons. The maximum Gasteiger partial charge on any atom is 0.338 e. The largest absolute Gasteiger partial charge is 0.465 e. The minimum atomic E-state index is -0.574. The maximum absolute atomic E-state index is 12.8. The van der Waals surface area contributed by atoms with Crippen molar-refractivity contribution < 1.29 is 28.6 Å². The number of ether oxygens (including phenoxy) is 3. The number of anilines is 3. The molecule has 2 N–H and O–H groups in total. The van der Waals surface area contributed by atoms with Gasteiger partial charge in [-0.1, -0.05) is 45.2 Å². The molecule has 344 valence electrons. The van der Waals surface area contributed by atoms with E-state index in [1.165, 1.54) is 59.5 Å². The van der Waals surface area contributed by atoms with Gasteiger partial charge in [-0.25, -0.2) is 33.4 Å². The van der Waals surface area contributed by atoms with Crippen LogP contribution in [0.15, 0.2) is 99.1 Å². The van der Waals surface area contributed by atoms with E-state index >= 15 is 0 Å². The smallest absolute Gasteiger partial charge is 0.338 e. The fraction of sp³-hybridized carbons (Fsp3) is 0.341. The standard InChI is InChI=1S/C41H49N19O6/c1-25(2)26(3)60(49-42)38-15-29(41(63)66-9)14-37(18-38)59-24-33(48-54-59)21-56(19-31-22-57(52-46-31)35-12-27(39(61)64-7)10-30(16-35)45-50-43-4)20-32-23-58(53-47-32)36-13-28(40(62)65-8)11-34(17-36)55(6)51-44-5/h10-18,22-26,42H,19-21H2,1-9H3,(H,43,45)/t26-/m1/s1. The summed E-state index contributed by atoms with van der Waals surface area (Å²) in [4.78, 5) is 40.1. The molecule has 0 saturated heterocycles. The molecule has 0 aliphatic carbocycles. The maximum atomic E-state index is 12.8. The molecule has 3 aromatic carbocycles. The molecule has 66 heavy (non-hydrogen) atoms. The third-order valence-corrected chi connectivity index (χ3v) is 10.2. The number of nitrogens with one attached hydrogen (secondary N) is 2. The molecule has 1 atom stereocenters. The number of nitrogens with zero attached hydrogens (tertiary/aromatic N) is 17. The van der Waals surface area contributed by atoms with Crippen LogP contribution in [0.1, 0.15) is 68.9 Å². The summed E-state index contributed by atoms with van der Waals surface area (Å²) >= 11 is 0. The Labute approximate surface area is 378 Å². The lowest BCUT2D eigenvalue weighted by atomic mass is 10.0. The lowest BCUT2D eigenvalue weighted by Gasteiger charge is -2.28. The summed E-state index contributed by atoms with van der Waals surface area (Å²) < 4.78 is 19.6. The highest BCUT2D eigenvalue weighted by atomic mass is 16.5. The van der Waals surface area contributed by atoms with Crippen LogP contribution in [-0.4, -0.2) is 116 Å². The Morgan fingerprint density at radius 1 is 0.652 bits per heavy atom. The quantitative estimate of drug-likeness (QED) is 0.0406.